The van der Waals surface area contributed by atoms with Crippen LogP contribution in [0.1, 0.15) is 159 Å². The second-order valence-corrected chi connectivity index (χ2v) is 34.8. The molecule has 3 heteroatoms. The van der Waals surface area contributed by atoms with Crippen molar-refractivity contribution in [2.75, 3.05) is 9.80 Å². The van der Waals surface area contributed by atoms with Gasteiger partial charge in [0, 0.05) is 34.1 Å². The van der Waals surface area contributed by atoms with Crippen molar-refractivity contribution in [1.82, 2.24) is 0 Å². The van der Waals surface area contributed by atoms with Crippen LogP contribution in [0.25, 0.3) is 100 Å². The van der Waals surface area contributed by atoms with Crippen molar-refractivity contribution in [1.29, 1.82) is 0 Å². The van der Waals surface area contributed by atoms with Crippen LogP contribution >= 0.6 is 0 Å². The maximum atomic E-state index is 5.02. The maximum Gasteiger partial charge on any atom is 0.126 e. The number of hydrogen-bond donors (Lipinski definition) is 0. The molecule has 3 nitrogen and oxygen atoms in total. The molecule has 127 heavy (non-hydrogen) atoms. The molecule has 0 unspecified atom stereocenters. The van der Waals surface area contributed by atoms with E-state index >= 15 is 0 Å². The minimum Gasteiger partial charge on any atom is -0.466 e. The van der Waals surface area contributed by atoms with Gasteiger partial charge in [0.1, 0.15) is 5.75 Å². The Bertz CT molecular complexity index is 5780. The minimum absolute atomic E-state index is 0.834. The molecule has 638 valence electrons. The van der Waals surface area contributed by atoms with Gasteiger partial charge in [0.15, 0.2) is 0 Å². The Balaban J connectivity index is 0.000000288. The molecule has 0 spiro atoms. The monoisotopic (exact) mass is 1660 g/mol. The van der Waals surface area contributed by atoms with Crippen LogP contribution in [0.5, 0.6) is 5.75 Å². The van der Waals surface area contributed by atoms with Crippen molar-refractivity contribution < 1.29 is 4.74 Å². The number of ether oxygens (including phenoxy) is 1. The zero-order valence-corrected chi connectivity index (χ0v) is 77.1. The third-order valence-corrected chi connectivity index (χ3v) is 24.7. The van der Waals surface area contributed by atoms with Crippen LogP contribution in [0.3, 0.4) is 0 Å². The van der Waals surface area contributed by atoms with Gasteiger partial charge in [-0.2, -0.15) is 0 Å². The number of nitrogens with zero attached hydrogens (tertiary/aromatic N) is 2. The van der Waals surface area contributed by atoms with Crippen LogP contribution in [-0.2, 0) is 25.7 Å². The number of rotatable bonds is 31. The summed E-state index contributed by atoms with van der Waals surface area (Å²) in [5, 5.41) is 0. The lowest BCUT2D eigenvalue weighted by Crippen LogP contribution is -2.10. The summed E-state index contributed by atoms with van der Waals surface area (Å²) in [7, 11) is 0. The van der Waals surface area contributed by atoms with Crippen molar-refractivity contribution in [3.63, 3.8) is 0 Å². The van der Waals surface area contributed by atoms with E-state index in [9.17, 15) is 0 Å². The van der Waals surface area contributed by atoms with Gasteiger partial charge in [0.05, 0.1) is 6.26 Å². The van der Waals surface area contributed by atoms with Crippen LogP contribution < -0.4 is 14.5 Å². The summed E-state index contributed by atoms with van der Waals surface area (Å²) in [6, 6.07) is 133. The first-order valence-electron chi connectivity index (χ1n) is 46.4. The van der Waals surface area contributed by atoms with Crippen LogP contribution in [0.4, 0.5) is 34.1 Å². The van der Waals surface area contributed by atoms with Gasteiger partial charge in [-0.3, -0.25) is 0 Å². The van der Waals surface area contributed by atoms with Crippen molar-refractivity contribution in [3.05, 3.63) is 438 Å². The third kappa shape index (κ3) is 23.6. The first-order valence-corrected chi connectivity index (χ1v) is 46.4. The van der Waals surface area contributed by atoms with Gasteiger partial charge in [-0.15, -0.1) is 0 Å². The van der Waals surface area contributed by atoms with E-state index in [4.69, 9.17) is 4.74 Å². The molecule has 0 aromatic heterocycles. The largest absolute Gasteiger partial charge is 0.466 e. The van der Waals surface area contributed by atoms with Gasteiger partial charge < -0.3 is 14.5 Å². The fourth-order valence-electron chi connectivity index (χ4n) is 17.2. The Morgan fingerprint density at radius 3 is 0.693 bits per heavy atom. The van der Waals surface area contributed by atoms with Crippen molar-refractivity contribution >= 4 is 34.1 Å². The second-order valence-electron chi connectivity index (χ2n) is 34.8. The van der Waals surface area contributed by atoms with Crippen LogP contribution in [0.15, 0.2) is 371 Å². The van der Waals surface area contributed by atoms with Crippen molar-refractivity contribution in [3.8, 4) is 106 Å². The molecule has 0 heterocycles. The van der Waals surface area contributed by atoms with Gasteiger partial charge >= 0.3 is 0 Å². The molecule has 16 aromatic carbocycles. The zero-order chi connectivity index (χ0) is 88.5. The smallest absolute Gasteiger partial charge is 0.126 e. The Morgan fingerprint density at radius 1 is 0.213 bits per heavy atom. The summed E-state index contributed by atoms with van der Waals surface area (Å²) in [6.07, 6.45) is 17.7. The van der Waals surface area contributed by atoms with E-state index in [1.165, 1.54) is 212 Å². The van der Waals surface area contributed by atoms with E-state index in [0.29, 0.717) is 0 Å². The number of unbranched alkanes of at least 4 members (excludes halogenated alkanes) is 6. The summed E-state index contributed by atoms with van der Waals surface area (Å²) in [5.74, 6) is 0.834. The van der Waals surface area contributed by atoms with Crippen LogP contribution in [0, 0.1) is 55.4 Å². The first-order chi connectivity index (χ1) is 62.0. The average molecular weight is 1660 g/mol. The van der Waals surface area contributed by atoms with Gasteiger partial charge in [-0.05, 0) is 331 Å². The number of anilines is 6. The fourth-order valence-corrected chi connectivity index (χ4v) is 17.2. The lowest BCUT2D eigenvalue weighted by atomic mass is 9.84. The molecule has 16 aromatic rings. The normalized spacial score (nSPS) is 11.0. The molecule has 0 aliphatic rings. The quantitative estimate of drug-likeness (QED) is 0.0318. The summed E-state index contributed by atoms with van der Waals surface area (Å²) in [4.78, 5) is 4.88. The Kier molecular flexibility index (Phi) is 31.2. The van der Waals surface area contributed by atoms with E-state index in [2.05, 4.69) is 426 Å². The molecule has 0 aliphatic carbocycles. The summed E-state index contributed by atoms with van der Waals surface area (Å²) in [5.41, 5.74) is 45.4. The molecule has 0 saturated heterocycles. The van der Waals surface area contributed by atoms with Crippen molar-refractivity contribution in [2.24, 2.45) is 0 Å². The maximum absolute atomic E-state index is 5.02. The van der Waals surface area contributed by atoms with E-state index in [1.807, 2.05) is 31.2 Å². The van der Waals surface area contributed by atoms with E-state index in [-0.39, 0.29) is 0 Å². The molecule has 0 bridgehead atoms. The summed E-state index contributed by atoms with van der Waals surface area (Å²) in [6.45, 7) is 30.0. The minimum atomic E-state index is 0.834. The first kappa shape index (κ1) is 89.9. The molecular weight excluding hydrogens is 1530 g/mol. The highest BCUT2D eigenvalue weighted by atomic mass is 16.5. The molecular formula is C124H126N2O. The van der Waals surface area contributed by atoms with E-state index < -0.39 is 0 Å². The molecule has 0 radical (unpaired) electrons. The lowest BCUT2D eigenvalue weighted by Gasteiger charge is -2.28. The Morgan fingerprint density at radius 2 is 0.449 bits per heavy atom. The molecule has 16 rings (SSSR count). The van der Waals surface area contributed by atoms with Crippen molar-refractivity contribution in [2.45, 2.75) is 173 Å². The highest BCUT2D eigenvalue weighted by Crippen LogP contribution is 2.45. The molecule has 0 N–H and O–H groups in total. The summed E-state index contributed by atoms with van der Waals surface area (Å²) < 4.78 is 5.02. The predicted molar refractivity (Wildman–Crippen MR) is 550 cm³/mol. The number of benzene rings is 16. The van der Waals surface area contributed by atoms with Crippen LogP contribution in [0.2, 0.25) is 0 Å². The van der Waals surface area contributed by atoms with Gasteiger partial charge in [-0.25, -0.2) is 0 Å². The number of hydrogen-bond acceptors (Lipinski definition) is 3. The third-order valence-electron chi connectivity index (χ3n) is 24.7. The van der Waals surface area contributed by atoms with Gasteiger partial charge in [0.2, 0.25) is 0 Å². The van der Waals surface area contributed by atoms with E-state index in [0.717, 1.165) is 91.2 Å². The zero-order valence-electron chi connectivity index (χ0n) is 77.1. The summed E-state index contributed by atoms with van der Waals surface area (Å²) >= 11 is 0. The van der Waals surface area contributed by atoms with Crippen LogP contribution in [-0.4, -0.2) is 0 Å². The Hall–Kier alpha value is -13.3. The predicted octanol–water partition coefficient (Wildman–Crippen LogP) is 36.1. The lowest BCUT2D eigenvalue weighted by molar-refractivity contribution is 0.483. The van der Waals surface area contributed by atoms with Gasteiger partial charge in [-0.1, -0.05) is 374 Å². The molecule has 0 aliphatic heterocycles. The molecule has 0 fully saturated rings. The topological polar surface area (TPSA) is 15.7 Å². The molecule has 0 saturated carbocycles. The number of aryl methyl sites for hydroxylation is 12. The van der Waals surface area contributed by atoms with Gasteiger partial charge in [0.25, 0.3) is 0 Å². The molecule has 0 amide bonds. The highest BCUT2D eigenvalue weighted by Gasteiger charge is 2.22. The average Bonchev–Trinajstić information content (AvgIpc) is 0.772. The highest BCUT2D eigenvalue weighted by molar-refractivity contribution is 5.88. The van der Waals surface area contributed by atoms with E-state index in [1.54, 1.807) is 0 Å². The Labute approximate surface area is 759 Å². The molecule has 0 atom stereocenters. The standard InChI is InChI=1S/C88H92N2.C27H24.C9H10O/c1-9-13-15-17-21-77-61-88(86-58-56-84(60-66(86)8)90(80-49-41-74(42-50-80)70-33-25-64(6)26-34-70)82-53-45-76(46-54-82)72-37-29-68(20-12-4)30-38-72)78(22-18-16-14-10-2)62-87(77)85-57-55-83(59-65(85)7)89(79-47-39-73(40-48-79)69-31-23-63(5)24-32-69)81-51-43-75(44-52-81)71-35-27-67(19-11-3)28-36-71;1-19-4-10-22(11-5-19)25-16-26(23-12-6-20(2)7-13-23)18-27(17-25)24-14-8-21(3)9-15-24;1-3-10-9-6-4-8(2)5-7-9/h23-62H,9-22H2,1-8H3;4-18H,1-3H3;3-7H,1H2,2H3. The fraction of sp³-hybridized carbons (Fsp3) is 0.210. The second kappa shape index (κ2) is 44.0. The SMILES string of the molecule is C=COc1ccc(C)cc1.CCCCCCc1cc(-c2ccc(N(c3ccc(-c4ccc(C)cc4)cc3)c3ccc(-c4ccc(CCC)cc4)cc3)cc2C)c(CCCCCC)cc1-c1ccc(N(c2ccc(-c3ccc(C)cc3)cc2)c2ccc(-c3ccc(CCC)cc3)cc2)cc1C.Cc1ccc(-c2cc(-c3ccc(C)cc3)cc(-c3ccc(C)cc3)c2)cc1.